The quantitative estimate of drug-likeness (QED) is 0.865. The standard InChI is InChI=1S/C15H20N2O4/c1-9-7-8-12(13(16-9)15(19)20)21-10(2)14(18)17-11-5-3-4-6-11/h7-8,10-11H,3-6H2,1-2H3,(H,17,18)(H,19,20). The molecule has 0 spiro atoms. The van der Waals surface area contributed by atoms with Crippen LogP contribution in [0.1, 0.15) is 48.8 Å². The number of aromatic nitrogens is 1. The van der Waals surface area contributed by atoms with E-state index in [-0.39, 0.29) is 23.4 Å². The fourth-order valence-corrected chi connectivity index (χ4v) is 2.42. The third-order valence-electron chi connectivity index (χ3n) is 3.57. The third-order valence-corrected chi connectivity index (χ3v) is 3.57. The highest BCUT2D eigenvalue weighted by Crippen LogP contribution is 2.20. The highest BCUT2D eigenvalue weighted by atomic mass is 16.5. The predicted octanol–water partition coefficient (Wildman–Crippen LogP) is 1.91. The van der Waals surface area contributed by atoms with Gasteiger partial charge >= 0.3 is 5.97 Å². The molecule has 1 aliphatic rings. The van der Waals surface area contributed by atoms with E-state index in [0.717, 1.165) is 25.7 Å². The molecule has 1 amide bonds. The zero-order chi connectivity index (χ0) is 15.4. The average molecular weight is 292 g/mol. The smallest absolute Gasteiger partial charge is 0.358 e. The Kier molecular flexibility index (Phi) is 4.77. The van der Waals surface area contributed by atoms with Crippen molar-refractivity contribution in [3.8, 4) is 5.75 Å². The number of pyridine rings is 1. The van der Waals surface area contributed by atoms with Crippen LogP contribution in [0.25, 0.3) is 0 Å². The Morgan fingerprint density at radius 3 is 2.67 bits per heavy atom. The molecule has 114 valence electrons. The summed E-state index contributed by atoms with van der Waals surface area (Å²) in [6.07, 6.45) is 3.49. The van der Waals surface area contributed by atoms with Crippen LogP contribution in [0.15, 0.2) is 12.1 Å². The first kappa shape index (κ1) is 15.3. The Balaban J connectivity index is 2.03. The van der Waals surface area contributed by atoms with Crippen molar-refractivity contribution in [3.05, 3.63) is 23.5 Å². The summed E-state index contributed by atoms with van der Waals surface area (Å²) in [5.41, 5.74) is 0.415. The second-order valence-corrected chi connectivity index (χ2v) is 5.35. The summed E-state index contributed by atoms with van der Waals surface area (Å²) in [5.74, 6) is -1.28. The molecule has 6 nitrogen and oxygen atoms in total. The number of aryl methyl sites for hydroxylation is 1. The van der Waals surface area contributed by atoms with Crippen LogP contribution in [0.4, 0.5) is 0 Å². The monoisotopic (exact) mass is 292 g/mol. The van der Waals surface area contributed by atoms with Gasteiger partial charge in [-0.25, -0.2) is 9.78 Å². The number of carbonyl (C=O) groups is 2. The van der Waals surface area contributed by atoms with Crippen LogP contribution in [0.5, 0.6) is 5.75 Å². The number of rotatable bonds is 5. The van der Waals surface area contributed by atoms with E-state index in [0.29, 0.717) is 5.69 Å². The van der Waals surface area contributed by atoms with Gasteiger partial charge in [-0.3, -0.25) is 4.79 Å². The van der Waals surface area contributed by atoms with Crippen molar-refractivity contribution in [2.24, 2.45) is 0 Å². The largest absolute Gasteiger partial charge is 0.478 e. The van der Waals surface area contributed by atoms with Crippen molar-refractivity contribution in [1.82, 2.24) is 10.3 Å². The summed E-state index contributed by atoms with van der Waals surface area (Å²) < 4.78 is 5.48. The van der Waals surface area contributed by atoms with Crippen LogP contribution in [0.3, 0.4) is 0 Å². The molecule has 0 aliphatic heterocycles. The average Bonchev–Trinajstić information content (AvgIpc) is 2.93. The molecule has 0 saturated heterocycles. The summed E-state index contributed by atoms with van der Waals surface area (Å²) in [5, 5.41) is 12.1. The number of ether oxygens (including phenoxy) is 1. The molecule has 21 heavy (non-hydrogen) atoms. The van der Waals surface area contributed by atoms with Gasteiger partial charge in [0.15, 0.2) is 17.5 Å². The van der Waals surface area contributed by atoms with E-state index < -0.39 is 12.1 Å². The van der Waals surface area contributed by atoms with Crippen molar-refractivity contribution in [3.63, 3.8) is 0 Å². The Hall–Kier alpha value is -2.11. The molecule has 1 heterocycles. The summed E-state index contributed by atoms with van der Waals surface area (Å²) in [6, 6.07) is 3.40. The van der Waals surface area contributed by atoms with Crippen LogP contribution in [-0.2, 0) is 4.79 Å². The van der Waals surface area contributed by atoms with Gasteiger partial charge in [-0.05, 0) is 38.8 Å². The zero-order valence-corrected chi connectivity index (χ0v) is 12.3. The van der Waals surface area contributed by atoms with Gasteiger partial charge in [0.25, 0.3) is 5.91 Å². The number of carbonyl (C=O) groups excluding carboxylic acids is 1. The van der Waals surface area contributed by atoms with E-state index in [4.69, 9.17) is 9.84 Å². The minimum atomic E-state index is -1.17. The van der Waals surface area contributed by atoms with Gasteiger partial charge in [-0.15, -0.1) is 0 Å². The van der Waals surface area contributed by atoms with Crippen molar-refractivity contribution >= 4 is 11.9 Å². The van der Waals surface area contributed by atoms with Crippen LogP contribution in [-0.4, -0.2) is 34.1 Å². The molecule has 6 heteroatoms. The maximum absolute atomic E-state index is 12.0. The Bertz CT molecular complexity index is 538. The van der Waals surface area contributed by atoms with Crippen molar-refractivity contribution < 1.29 is 19.4 Å². The second kappa shape index (κ2) is 6.56. The van der Waals surface area contributed by atoms with Crippen LogP contribution < -0.4 is 10.1 Å². The van der Waals surface area contributed by atoms with Gasteiger partial charge in [0, 0.05) is 11.7 Å². The molecule has 1 aliphatic carbocycles. The van der Waals surface area contributed by atoms with Crippen molar-refractivity contribution in [2.45, 2.75) is 51.7 Å². The number of carboxylic acid groups (broad SMARTS) is 1. The van der Waals surface area contributed by atoms with E-state index in [1.807, 2.05) is 0 Å². The highest BCUT2D eigenvalue weighted by Gasteiger charge is 2.23. The first-order chi connectivity index (χ1) is 9.97. The number of hydrogen-bond acceptors (Lipinski definition) is 4. The fourth-order valence-electron chi connectivity index (χ4n) is 2.42. The number of aromatic carboxylic acids is 1. The van der Waals surface area contributed by atoms with Gasteiger partial charge in [-0.1, -0.05) is 12.8 Å². The van der Waals surface area contributed by atoms with E-state index >= 15 is 0 Å². The Morgan fingerprint density at radius 2 is 2.05 bits per heavy atom. The van der Waals surface area contributed by atoms with Crippen LogP contribution in [0.2, 0.25) is 0 Å². The first-order valence-electron chi connectivity index (χ1n) is 7.15. The van der Waals surface area contributed by atoms with Crippen molar-refractivity contribution in [2.75, 3.05) is 0 Å². The van der Waals surface area contributed by atoms with Gasteiger partial charge in [0.05, 0.1) is 0 Å². The maximum Gasteiger partial charge on any atom is 0.358 e. The molecule has 1 fully saturated rings. The Labute approximate surface area is 123 Å². The lowest BCUT2D eigenvalue weighted by molar-refractivity contribution is -0.128. The summed E-state index contributed by atoms with van der Waals surface area (Å²) in [7, 11) is 0. The molecule has 2 N–H and O–H groups in total. The predicted molar refractivity (Wildman–Crippen MR) is 76.4 cm³/mol. The number of nitrogens with zero attached hydrogens (tertiary/aromatic N) is 1. The summed E-state index contributed by atoms with van der Waals surface area (Å²) >= 11 is 0. The van der Waals surface area contributed by atoms with Crippen LogP contribution in [0, 0.1) is 6.92 Å². The topological polar surface area (TPSA) is 88.5 Å². The van der Waals surface area contributed by atoms with E-state index in [1.165, 1.54) is 6.07 Å². The lowest BCUT2D eigenvalue weighted by Crippen LogP contribution is -2.41. The molecule has 2 rings (SSSR count). The van der Waals surface area contributed by atoms with E-state index in [9.17, 15) is 9.59 Å². The number of carboxylic acids is 1. The highest BCUT2D eigenvalue weighted by molar-refractivity contribution is 5.89. The molecule has 0 radical (unpaired) electrons. The molecular formula is C15H20N2O4. The molecule has 1 atom stereocenters. The molecular weight excluding hydrogens is 272 g/mol. The van der Waals surface area contributed by atoms with Crippen molar-refractivity contribution in [1.29, 1.82) is 0 Å². The molecule has 1 saturated carbocycles. The summed E-state index contributed by atoms with van der Waals surface area (Å²) in [4.78, 5) is 27.1. The zero-order valence-electron chi connectivity index (χ0n) is 12.3. The Morgan fingerprint density at radius 1 is 1.38 bits per heavy atom. The second-order valence-electron chi connectivity index (χ2n) is 5.35. The van der Waals surface area contributed by atoms with E-state index in [2.05, 4.69) is 10.3 Å². The fraction of sp³-hybridized carbons (Fsp3) is 0.533. The first-order valence-corrected chi connectivity index (χ1v) is 7.15. The number of amides is 1. The van der Waals surface area contributed by atoms with E-state index in [1.54, 1.807) is 19.9 Å². The maximum atomic E-state index is 12.0. The third kappa shape index (κ3) is 3.93. The number of nitrogens with one attached hydrogen (secondary N) is 1. The molecule has 1 aromatic heterocycles. The van der Waals surface area contributed by atoms with Gasteiger partial charge < -0.3 is 15.2 Å². The van der Waals surface area contributed by atoms with Crippen LogP contribution >= 0.6 is 0 Å². The molecule has 1 unspecified atom stereocenters. The summed E-state index contributed by atoms with van der Waals surface area (Å²) in [6.45, 7) is 3.31. The number of hydrogen-bond donors (Lipinski definition) is 2. The van der Waals surface area contributed by atoms with Gasteiger partial charge in [0.1, 0.15) is 0 Å². The SMILES string of the molecule is Cc1ccc(OC(C)C(=O)NC2CCCC2)c(C(=O)O)n1. The minimum Gasteiger partial charge on any atom is -0.478 e. The van der Waals surface area contributed by atoms with Gasteiger partial charge in [-0.2, -0.15) is 0 Å². The minimum absolute atomic E-state index is 0.113. The lowest BCUT2D eigenvalue weighted by Gasteiger charge is -2.18. The molecule has 0 bridgehead atoms. The lowest BCUT2D eigenvalue weighted by atomic mass is 10.2. The molecule has 1 aromatic rings. The normalized spacial score (nSPS) is 16.5. The molecule has 0 aromatic carbocycles. The van der Waals surface area contributed by atoms with Gasteiger partial charge in [0.2, 0.25) is 0 Å².